The molecule has 0 atom stereocenters. The van der Waals surface area contributed by atoms with Crippen LogP contribution in [-0.4, -0.2) is 18.9 Å². The number of benzene rings is 3. The van der Waals surface area contributed by atoms with E-state index in [2.05, 4.69) is 10.6 Å². The molecule has 152 valence electrons. The molecule has 3 rings (SSSR count). The third kappa shape index (κ3) is 6.07. The quantitative estimate of drug-likeness (QED) is 0.344. The molecule has 3 aromatic carbocycles. The Labute approximate surface area is 176 Å². The summed E-state index contributed by atoms with van der Waals surface area (Å²) < 4.78 is 5.24. The van der Waals surface area contributed by atoms with E-state index in [-0.39, 0.29) is 5.57 Å². The van der Waals surface area contributed by atoms with Crippen LogP contribution in [0.15, 0.2) is 90.5 Å². The maximum absolute atomic E-state index is 12.9. The van der Waals surface area contributed by atoms with Crippen molar-refractivity contribution in [2.45, 2.75) is 13.1 Å². The molecule has 0 aliphatic rings. The second-order valence-corrected chi connectivity index (χ2v) is 6.67. The van der Waals surface area contributed by atoms with Crippen molar-refractivity contribution < 1.29 is 14.3 Å². The summed E-state index contributed by atoms with van der Waals surface area (Å²) in [5.41, 5.74) is 2.65. The zero-order valence-electron chi connectivity index (χ0n) is 16.8. The van der Waals surface area contributed by atoms with Crippen molar-refractivity contribution >= 4 is 17.9 Å². The lowest BCUT2D eigenvalue weighted by Gasteiger charge is -2.11. The highest BCUT2D eigenvalue weighted by Gasteiger charge is 2.18. The molecule has 0 aliphatic heterocycles. The number of nitrogens with one attached hydrogen (secondary N) is 2. The Hall–Kier alpha value is -3.86. The Morgan fingerprint density at radius 1 is 0.767 bits per heavy atom. The fraction of sp³-hybridized carbons (Fsp3) is 0.120. The molecule has 0 spiro atoms. The standard InChI is InChI=1S/C25H24N2O3/c1-30-22-14-8-13-21(15-22)16-23(24(28)26-17-19-9-4-2-5-10-19)25(29)27-18-20-11-6-3-7-12-20/h2-16H,17-18H2,1H3,(H,26,28)(H,27,29). The minimum atomic E-state index is -0.438. The van der Waals surface area contributed by atoms with Crippen molar-refractivity contribution in [1.29, 1.82) is 0 Å². The summed E-state index contributed by atoms with van der Waals surface area (Å²) >= 11 is 0. The van der Waals surface area contributed by atoms with Gasteiger partial charge in [-0.3, -0.25) is 9.59 Å². The van der Waals surface area contributed by atoms with Crippen LogP contribution in [-0.2, 0) is 22.7 Å². The summed E-state index contributed by atoms with van der Waals surface area (Å²) in [4.78, 5) is 25.7. The normalized spacial score (nSPS) is 10.0. The van der Waals surface area contributed by atoms with Crippen LogP contribution < -0.4 is 15.4 Å². The molecule has 2 N–H and O–H groups in total. The van der Waals surface area contributed by atoms with Crippen molar-refractivity contribution in [2.75, 3.05) is 7.11 Å². The molecule has 0 saturated heterocycles. The van der Waals surface area contributed by atoms with Crippen LogP contribution >= 0.6 is 0 Å². The summed E-state index contributed by atoms with van der Waals surface area (Å²) in [7, 11) is 1.57. The number of ether oxygens (including phenoxy) is 1. The highest BCUT2D eigenvalue weighted by molar-refractivity contribution is 6.21. The van der Waals surface area contributed by atoms with E-state index in [1.54, 1.807) is 19.3 Å². The van der Waals surface area contributed by atoms with Crippen LogP contribution in [0.25, 0.3) is 6.08 Å². The van der Waals surface area contributed by atoms with E-state index in [1.807, 2.05) is 78.9 Å². The Morgan fingerprint density at radius 3 is 1.80 bits per heavy atom. The van der Waals surface area contributed by atoms with Gasteiger partial charge in [0.15, 0.2) is 0 Å². The van der Waals surface area contributed by atoms with Crippen LogP contribution in [0.5, 0.6) is 5.75 Å². The molecular weight excluding hydrogens is 376 g/mol. The van der Waals surface area contributed by atoms with E-state index in [1.165, 1.54) is 0 Å². The molecule has 0 radical (unpaired) electrons. The van der Waals surface area contributed by atoms with E-state index in [0.29, 0.717) is 24.4 Å². The van der Waals surface area contributed by atoms with Crippen molar-refractivity contribution in [3.63, 3.8) is 0 Å². The van der Waals surface area contributed by atoms with E-state index in [4.69, 9.17) is 4.74 Å². The first kappa shape index (κ1) is 20.9. The summed E-state index contributed by atoms with van der Waals surface area (Å²) in [6.07, 6.45) is 1.57. The van der Waals surface area contributed by atoms with Crippen molar-refractivity contribution in [1.82, 2.24) is 10.6 Å². The second kappa shape index (κ2) is 10.6. The van der Waals surface area contributed by atoms with Gasteiger partial charge in [-0.05, 0) is 34.9 Å². The van der Waals surface area contributed by atoms with Gasteiger partial charge in [0.25, 0.3) is 11.8 Å². The number of carbonyl (C=O) groups is 2. The monoisotopic (exact) mass is 400 g/mol. The molecule has 2 amide bonds. The third-order valence-electron chi connectivity index (χ3n) is 4.49. The van der Waals surface area contributed by atoms with Gasteiger partial charge in [0, 0.05) is 13.1 Å². The zero-order valence-corrected chi connectivity index (χ0v) is 16.8. The first-order valence-corrected chi connectivity index (χ1v) is 9.65. The topological polar surface area (TPSA) is 67.4 Å². The molecular formula is C25H24N2O3. The SMILES string of the molecule is COc1cccc(C=C(C(=O)NCc2ccccc2)C(=O)NCc2ccccc2)c1. The van der Waals surface area contributed by atoms with Gasteiger partial charge in [0.2, 0.25) is 0 Å². The molecule has 0 aromatic heterocycles. The van der Waals surface area contributed by atoms with Gasteiger partial charge in [-0.15, -0.1) is 0 Å². The number of methoxy groups -OCH3 is 1. The van der Waals surface area contributed by atoms with Gasteiger partial charge in [-0.2, -0.15) is 0 Å². The minimum absolute atomic E-state index is 0.0371. The molecule has 3 aromatic rings. The smallest absolute Gasteiger partial charge is 0.257 e. The predicted molar refractivity (Wildman–Crippen MR) is 118 cm³/mol. The van der Waals surface area contributed by atoms with Crippen LogP contribution in [0.2, 0.25) is 0 Å². The maximum Gasteiger partial charge on any atom is 0.257 e. The number of rotatable bonds is 8. The number of carbonyl (C=O) groups excluding carboxylic acids is 2. The van der Waals surface area contributed by atoms with Gasteiger partial charge in [-0.1, -0.05) is 72.8 Å². The summed E-state index contributed by atoms with van der Waals surface area (Å²) in [5, 5.41) is 5.66. The largest absolute Gasteiger partial charge is 0.497 e. The highest BCUT2D eigenvalue weighted by Crippen LogP contribution is 2.16. The fourth-order valence-electron chi connectivity index (χ4n) is 2.88. The number of hydrogen-bond donors (Lipinski definition) is 2. The van der Waals surface area contributed by atoms with Crippen molar-refractivity contribution in [3.05, 3.63) is 107 Å². The van der Waals surface area contributed by atoms with E-state index in [0.717, 1.165) is 11.1 Å². The molecule has 30 heavy (non-hydrogen) atoms. The van der Waals surface area contributed by atoms with Gasteiger partial charge in [-0.25, -0.2) is 0 Å². The highest BCUT2D eigenvalue weighted by atomic mass is 16.5. The molecule has 0 heterocycles. The third-order valence-corrected chi connectivity index (χ3v) is 4.49. The van der Waals surface area contributed by atoms with Crippen LogP contribution in [0.4, 0.5) is 0 Å². The van der Waals surface area contributed by atoms with E-state index >= 15 is 0 Å². The Balaban J connectivity index is 1.78. The van der Waals surface area contributed by atoms with Crippen molar-refractivity contribution in [2.24, 2.45) is 0 Å². The Bertz CT molecular complexity index is 957. The molecule has 0 aliphatic carbocycles. The molecule has 0 bridgehead atoms. The van der Waals surface area contributed by atoms with Gasteiger partial charge in [0.1, 0.15) is 11.3 Å². The maximum atomic E-state index is 12.9. The molecule has 0 fully saturated rings. The Morgan fingerprint density at radius 2 is 1.30 bits per heavy atom. The van der Waals surface area contributed by atoms with Crippen LogP contribution in [0, 0.1) is 0 Å². The lowest BCUT2D eigenvalue weighted by Crippen LogP contribution is -2.34. The first-order valence-electron chi connectivity index (χ1n) is 9.65. The average Bonchev–Trinajstić information content (AvgIpc) is 2.81. The number of hydrogen-bond acceptors (Lipinski definition) is 3. The molecule has 0 saturated carbocycles. The van der Waals surface area contributed by atoms with Crippen LogP contribution in [0.3, 0.4) is 0 Å². The molecule has 5 nitrogen and oxygen atoms in total. The van der Waals surface area contributed by atoms with E-state index in [9.17, 15) is 9.59 Å². The summed E-state index contributed by atoms with van der Waals surface area (Å²) in [6.45, 7) is 0.669. The summed E-state index contributed by atoms with van der Waals surface area (Å²) in [5.74, 6) is -0.225. The van der Waals surface area contributed by atoms with Gasteiger partial charge < -0.3 is 15.4 Å². The second-order valence-electron chi connectivity index (χ2n) is 6.67. The fourth-order valence-corrected chi connectivity index (χ4v) is 2.88. The molecule has 5 heteroatoms. The van der Waals surface area contributed by atoms with Crippen molar-refractivity contribution in [3.8, 4) is 5.75 Å². The first-order chi connectivity index (χ1) is 14.7. The lowest BCUT2D eigenvalue weighted by molar-refractivity contribution is -0.123. The predicted octanol–water partition coefficient (Wildman–Crippen LogP) is 3.71. The Kier molecular flexibility index (Phi) is 7.39. The lowest BCUT2D eigenvalue weighted by atomic mass is 10.1. The average molecular weight is 400 g/mol. The van der Waals surface area contributed by atoms with Gasteiger partial charge >= 0.3 is 0 Å². The zero-order chi connectivity index (χ0) is 21.2. The van der Waals surface area contributed by atoms with Crippen LogP contribution in [0.1, 0.15) is 16.7 Å². The van der Waals surface area contributed by atoms with Gasteiger partial charge in [0.05, 0.1) is 7.11 Å². The molecule has 0 unspecified atom stereocenters. The minimum Gasteiger partial charge on any atom is -0.497 e. The van der Waals surface area contributed by atoms with E-state index < -0.39 is 11.8 Å². The number of amides is 2. The summed E-state index contributed by atoms with van der Waals surface area (Å²) in [6, 6.07) is 26.3.